The van der Waals surface area contributed by atoms with Gasteiger partial charge in [0.25, 0.3) is 5.91 Å². The molecule has 1 amide bonds. The number of thiocarbonyl (C=S) groups is 1. The van der Waals surface area contributed by atoms with Crippen LogP contribution in [0.15, 0.2) is 40.8 Å². The molecule has 1 aromatic carbocycles. The zero-order valence-electron chi connectivity index (χ0n) is 16.2. The Morgan fingerprint density at radius 2 is 2.11 bits per heavy atom. The Morgan fingerprint density at radius 1 is 1.33 bits per heavy atom. The van der Waals surface area contributed by atoms with Crippen LogP contribution < -0.4 is 4.74 Å². The first kappa shape index (κ1) is 20.2. The van der Waals surface area contributed by atoms with Crippen molar-refractivity contribution in [3.63, 3.8) is 0 Å². The van der Waals surface area contributed by atoms with Gasteiger partial charge in [0.2, 0.25) is 0 Å². The lowest BCUT2D eigenvalue weighted by atomic mass is 9.99. The van der Waals surface area contributed by atoms with Crippen LogP contribution in [-0.2, 0) is 4.79 Å². The molecular formula is C22H27NO2S2. The van der Waals surface area contributed by atoms with Gasteiger partial charge in [-0.15, -0.1) is 0 Å². The van der Waals surface area contributed by atoms with Crippen LogP contribution in [0.3, 0.4) is 0 Å². The van der Waals surface area contributed by atoms with Gasteiger partial charge < -0.3 is 4.74 Å². The zero-order chi connectivity index (χ0) is 19.4. The van der Waals surface area contributed by atoms with Gasteiger partial charge in [-0.25, -0.2) is 0 Å². The van der Waals surface area contributed by atoms with Crippen LogP contribution in [0.25, 0.3) is 6.08 Å². The predicted molar refractivity (Wildman–Crippen MR) is 118 cm³/mol. The lowest BCUT2D eigenvalue weighted by Gasteiger charge is -2.23. The summed E-state index contributed by atoms with van der Waals surface area (Å²) < 4.78 is 6.66. The number of nitrogens with zero attached hydrogens (tertiary/aromatic N) is 1. The quantitative estimate of drug-likeness (QED) is 0.426. The standard InChI is InChI=1S/C22H27NO2S2/c1-4-6-9-16(5-2)14-23-21(24)20(27-22(23)26)13-18-12-17-10-7-8-11-19(17)25-15(18)3/h7-8,10-13,15-16H,4-6,9,14H2,1-3H3/b20-13-. The summed E-state index contributed by atoms with van der Waals surface area (Å²) in [4.78, 5) is 15.4. The highest BCUT2D eigenvalue weighted by atomic mass is 32.2. The Balaban J connectivity index is 1.77. The molecular weight excluding hydrogens is 374 g/mol. The fourth-order valence-corrected chi connectivity index (χ4v) is 4.68. The number of carbonyl (C=O) groups is 1. The number of rotatable bonds is 7. The van der Waals surface area contributed by atoms with Gasteiger partial charge in [0.05, 0.1) is 4.91 Å². The fourth-order valence-electron chi connectivity index (χ4n) is 3.41. The van der Waals surface area contributed by atoms with Crippen LogP contribution in [0.2, 0.25) is 0 Å². The predicted octanol–water partition coefficient (Wildman–Crippen LogP) is 5.81. The molecule has 27 heavy (non-hydrogen) atoms. The first-order chi connectivity index (χ1) is 13.0. The van der Waals surface area contributed by atoms with Crippen molar-refractivity contribution in [2.24, 2.45) is 5.92 Å². The molecule has 144 valence electrons. The summed E-state index contributed by atoms with van der Waals surface area (Å²) in [6, 6.07) is 7.96. The number of hydrogen-bond acceptors (Lipinski definition) is 4. The summed E-state index contributed by atoms with van der Waals surface area (Å²) in [5.74, 6) is 1.43. The molecule has 3 rings (SSSR count). The summed E-state index contributed by atoms with van der Waals surface area (Å²) >= 11 is 6.92. The van der Waals surface area contributed by atoms with Gasteiger partial charge in [0.15, 0.2) is 0 Å². The SMILES string of the molecule is CCCCC(CC)CN1C(=O)/C(=C/C2=Cc3ccccc3OC2C)SC1=S. The van der Waals surface area contributed by atoms with Crippen LogP contribution in [0.5, 0.6) is 5.75 Å². The third-order valence-electron chi connectivity index (χ3n) is 5.17. The van der Waals surface area contributed by atoms with Gasteiger partial charge in [-0.2, -0.15) is 0 Å². The smallest absolute Gasteiger partial charge is 0.266 e. The molecule has 2 heterocycles. The van der Waals surface area contributed by atoms with Crippen molar-refractivity contribution in [3.8, 4) is 5.75 Å². The van der Waals surface area contributed by atoms with Crippen molar-refractivity contribution >= 4 is 40.3 Å². The summed E-state index contributed by atoms with van der Waals surface area (Å²) in [5.41, 5.74) is 2.05. The highest BCUT2D eigenvalue weighted by Crippen LogP contribution is 2.36. The molecule has 0 radical (unpaired) electrons. The zero-order valence-corrected chi connectivity index (χ0v) is 17.9. The molecule has 2 unspecified atom stereocenters. The molecule has 1 fully saturated rings. The van der Waals surface area contributed by atoms with Crippen LogP contribution in [0.4, 0.5) is 0 Å². The molecule has 1 aromatic rings. The number of hydrogen-bond donors (Lipinski definition) is 0. The van der Waals surface area contributed by atoms with E-state index in [9.17, 15) is 4.79 Å². The van der Waals surface area contributed by atoms with Crippen molar-refractivity contribution in [1.82, 2.24) is 4.90 Å². The van der Waals surface area contributed by atoms with Crippen molar-refractivity contribution in [1.29, 1.82) is 0 Å². The number of fused-ring (bicyclic) bond motifs is 1. The molecule has 5 heteroatoms. The number of carbonyl (C=O) groups excluding carboxylic acids is 1. The maximum Gasteiger partial charge on any atom is 0.266 e. The van der Waals surface area contributed by atoms with Gasteiger partial charge in [-0.1, -0.05) is 75.3 Å². The molecule has 2 atom stereocenters. The highest BCUT2D eigenvalue weighted by Gasteiger charge is 2.34. The highest BCUT2D eigenvalue weighted by molar-refractivity contribution is 8.26. The van der Waals surface area contributed by atoms with Gasteiger partial charge in [0.1, 0.15) is 16.2 Å². The van der Waals surface area contributed by atoms with Crippen LogP contribution >= 0.6 is 24.0 Å². The summed E-state index contributed by atoms with van der Waals surface area (Å²) in [7, 11) is 0. The van der Waals surface area contributed by atoms with E-state index < -0.39 is 0 Å². The molecule has 2 aliphatic heterocycles. The van der Waals surface area contributed by atoms with Crippen molar-refractivity contribution < 1.29 is 9.53 Å². The third-order valence-corrected chi connectivity index (χ3v) is 6.55. The molecule has 0 aromatic heterocycles. The maximum atomic E-state index is 12.9. The van der Waals surface area contributed by atoms with E-state index in [-0.39, 0.29) is 12.0 Å². The Bertz CT molecular complexity index is 784. The summed E-state index contributed by atoms with van der Waals surface area (Å²) in [6.07, 6.45) is 8.57. The minimum Gasteiger partial charge on any atom is -0.485 e. The van der Waals surface area contributed by atoms with Gasteiger partial charge in [-0.05, 0) is 43.1 Å². The van der Waals surface area contributed by atoms with Gasteiger partial charge >= 0.3 is 0 Å². The fraction of sp³-hybridized carbons (Fsp3) is 0.455. The Labute approximate surface area is 171 Å². The number of para-hydroxylation sites is 1. The van der Waals surface area contributed by atoms with Gasteiger partial charge in [-0.3, -0.25) is 9.69 Å². The minimum absolute atomic E-state index is 0.0342. The second-order valence-corrected chi connectivity index (χ2v) is 8.83. The number of ether oxygens (including phenoxy) is 1. The van der Waals surface area contributed by atoms with Gasteiger partial charge in [0, 0.05) is 12.1 Å². The number of unbranched alkanes of at least 4 members (excludes halogenated alkanes) is 1. The lowest BCUT2D eigenvalue weighted by Crippen LogP contribution is -2.33. The third kappa shape index (κ3) is 4.64. The molecule has 0 bridgehead atoms. The topological polar surface area (TPSA) is 29.5 Å². The maximum absolute atomic E-state index is 12.9. The molecule has 1 saturated heterocycles. The average Bonchev–Trinajstić information content (AvgIpc) is 2.92. The van der Waals surface area contributed by atoms with E-state index in [0.717, 1.165) is 36.3 Å². The van der Waals surface area contributed by atoms with Crippen LogP contribution in [0.1, 0.15) is 52.0 Å². The van der Waals surface area contributed by atoms with E-state index in [0.29, 0.717) is 15.1 Å². The van der Waals surface area contributed by atoms with Crippen molar-refractivity contribution in [3.05, 3.63) is 46.4 Å². The van der Waals surface area contributed by atoms with E-state index in [2.05, 4.69) is 19.9 Å². The van der Waals surface area contributed by atoms with E-state index in [1.54, 1.807) is 4.90 Å². The minimum atomic E-state index is -0.0867. The molecule has 2 aliphatic rings. The normalized spacial score (nSPS) is 21.9. The van der Waals surface area contributed by atoms with E-state index >= 15 is 0 Å². The monoisotopic (exact) mass is 401 g/mol. The first-order valence-corrected chi connectivity index (χ1v) is 11.0. The largest absolute Gasteiger partial charge is 0.485 e. The second-order valence-electron chi connectivity index (χ2n) is 7.15. The summed E-state index contributed by atoms with van der Waals surface area (Å²) in [6.45, 7) is 7.13. The van der Waals surface area contributed by atoms with Crippen LogP contribution in [-0.4, -0.2) is 27.8 Å². The number of thioether (sulfide) groups is 1. The Kier molecular flexibility index (Phi) is 6.77. The number of amides is 1. The van der Waals surface area contributed by atoms with Crippen molar-refractivity contribution in [2.75, 3.05) is 6.54 Å². The Morgan fingerprint density at radius 3 is 2.85 bits per heavy atom. The number of benzene rings is 1. The molecule has 0 spiro atoms. The lowest BCUT2D eigenvalue weighted by molar-refractivity contribution is -0.122. The second kappa shape index (κ2) is 9.07. The van der Waals surface area contributed by atoms with Crippen molar-refractivity contribution in [2.45, 2.75) is 52.6 Å². The first-order valence-electron chi connectivity index (χ1n) is 9.76. The summed E-state index contributed by atoms with van der Waals surface area (Å²) in [5, 5.41) is 0. The average molecular weight is 402 g/mol. The van der Waals surface area contributed by atoms with E-state index in [1.165, 1.54) is 24.6 Å². The van der Waals surface area contributed by atoms with E-state index in [4.69, 9.17) is 17.0 Å². The molecule has 3 nitrogen and oxygen atoms in total. The molecule has 0 saturated carbocycles. The Hall–Kier alpha value is -1.59. The van der Waals surface area contributed by atoms with E-state index in [1.807, 2.05) is 37.3 Å². The van der Waals surface area contributed by atoms with Crippen LogP contribution in [0, 0.1) is 5.92 Å². The molecule has 0 N–H and O–H groups in total. The molecule has 0 aliphatic carbocycles.